The molecule has 0 radical (unpaired) electrons. The van der Waals surface area contributed by atoms with Crippen LogP contribution in [-0.4, -0.2) is 11.0 Å². The molecule has 0 heterocycles. The second-order valence-electron chi connectivity index (χ2n) is 3.01. The Morgan fingerprint density at radius 3 is 2.88 bits per heavy atom. The Balaban J connectivity index is 3.04. The smallest absolute Gasteiger partial charge is 0.312 e. The van der Waals surface area contributed by atoms with Gasteiger partial charge in [-0.25, -0.2) is 0 Å². The lowest BCUT2D eigenvalue weighted by Crippen LogP contribution is -2.13. The first-order valence-electron chi connectivity index (χ1n) is 4.58. The summed E-state index contributed by atoms with van der Waals surface area (Å²) in [7, 11) is 0. The summed E-state index contributed by atoms with van der Waals surface area (Å²) in [4.78, 5) is 10.2. The molecule has 1 aromatic rings. The third-order valence-corrected chi connectivity index (χ3v) is 2.39. The average molecular weight is 285 g/mol. The Kier molecular flexibility index (Phi) is 4.26. The van der Waals surface area contributed by atoms with Gasteiger partial charge in [-0.15, -0.1) is 0 Å². The highest BCUT2D eigenvalue weighted by molar-refractivity contribution is 9.10. The molecule has 5 nitrogen and oxygen atoms in total. The summed E-state index contributed by atoms with van der Waals surface area (Å²) in [6, 6.07) is 6.38. The van der Waals surface area contributed by atoms with E-state index in [-0.39, 0.29) is 11.4 Å². The zero-order valence-electron chi connectivity index (χ0n) is 8.51. The fourth-order valence-electron chi connectivity index (χ4n) is 1.09. The van der Waals surface area contributed by atoms with Crippen molar-refractivity contribution in [1.82, 2.24) is 0 Å². The molecule has 0 aliphatic carbocycles. The van der Waals surface area contributed by atoms with Gasteiger partial charge in [0.05, 0.1) is 4.92 Å². The standard InChI is InChI=1S/C10H9BrN2O3/c1-2-8(6-12)16-10-4-3-7(11)5-9(10)13(14)15/h3-5,8H,2H2,1H3. The molecule has 1 unspecified atom stereocenters. The summed E-state index contributed by atoms with van der Waals surface area (Å²) >= 11 is 3.14. The molecule has 0 aliphatic rings. The highest BCUT2D eigenvalue weighted by atomic mass is 79.9. The Bertz CT molecular complexity index is 442. The molecule has 16 heavy (non-hydrogen) atoms. The molecule has 0 saturated carbocycles. The minimum absolute atomic E-state index is 0.113. The first-order chi connectivity index (χ1) is 7.58. The number of hydrogen-bond donors (Lipinski definition) is 0. The maximum absolute atomic E-state index is 10.8. The molecule has 0 saturated heterocycles. The lowest BCUT2D eigenvalue weighted by atomic mass is 10.2. The van der Waals surface area contributed by atoms with E-state index in [9.17, 15) is 10.1 Å². The maximum Gasteiger partial charge on any atom is 0.312 e. The van der Waals surface area contributed by atoms with Crippen molar-refractivity contribution in [3.05, 3.63) is 32.8 Å². The number of nitriles is 1. The first-order valence-corrected chi connectivity index (χ1v) is 5.38. The molecule has 0 spiro atoms. The maximum atomic E-state index is 10.8. The van der Waals surface area contributed by atoms with Crippen molar-refractivity contribution in [2.45, 2.75) is 19.4 Å². The van der Waals surface area contributed by atoms with Crippen LogP contribution < -0.4 is 4.74 Å². The summed E-state index contributed by atoms with van der Waals surface area (Å²) in [6.07, 6.45) is -0.191. The second kappa shape index (κ2) is 5.47. The van der Waals surface area contributed by atoms with Gasteiger partial charge in [-0.2, -0.15) is 5.26 Å². The lowest BCUT2D eigenvalue weighted by molar-refractivity contribution is -0.386. The van der Waals surface area contributed by atoms with Crippen molar-refractivity contribution in [2.24, 2.45) is 0 Å². The zero-order valence-corrected chi connectivity index (χ0v) is 10.1. The topological polar surface area (TPSA) is 76.2 Å². The molecule has 84 valence electrons. The van der Waals surface area contributed by atoms with Crippen molar-refractivity contribution < 1.29 is 9.66 Å². The van der Waals surface area contributed by atoms with Crippen molar-refractivity contribution in [1.29, 1.82) is 5.26 Å². The third kappa shape index (κ3) is 2.94. The first kappa shape index (κ1) is 12.5. The molecular weight excluding hydrogens is 276 g/mol. The number of benzene rings is 1. The zero-order chi connectivity index (χ0) is 12.1. The summed E-state index contributed by atoms with van der Waals surface area (Å²) < 4.78 is 5.83. The molecule has 1 atom stereocenters. The quantitative estimate of drug-likeness (QED) is 0.629. The molecule has 0 N–H and O–H groups in total. The van der Waals surface area contributed by atoms with Crippen molar-refractivity contribution in [2.75, 3.05) is 0 Å². The molecular formula is C10H9BrN2O3. The fraction of sp³-hybridized carbons (Fsp3) is 0.300. The number of ether oxygens (including phenoxy) is 1. The van der Waals surface area contributed by atoms with E-state index in [1.165, 1.54) is 12.1 Å². The number of nitrogens with zero attached hydrogens (tertiary/aromatic N) is 2. The molecule has 0 bridgehead atoms. The van der Waals surface area contributed by atoms with E-state index >= 15 is 0 Å². The van der Waals surface area contributed by atoms with E-state index < -0.39 is 11.0 Å². The molecule has 1 rings (SSSR count). The molecule has 0 fully saturated rings. The highest BCUT2D eigenvalue weighted by Gasteiger charge is 2.18. The molecule has 1 aromatic carbocycles. The van der Waals surface area contributed by atoms with Crippen LogP contribution in [0, 0.1) is 21.4 Å². The van der Waals surface area contributed by atoms with Gasteiger partial charge in [0.15, 0.2) is 11.9 Å². The monoisotopic (exact) mass is 284 g/mol. The van der Waals surface area contributed by atoms with Crippen molar-refractivity contribution in [3.8, 4) is 11.8 Å². The lowest BCUT2D eigenvalue weighted by Gasteiger charge is -2.10. The number of halogens is 1. The van der Waals surface area contributed by atoms with E-state index in [4.69, 9.17) is 10.00 Å². The van der Waals surface area contributed by atoms with Gasteiger partial charge < -0.3 is 4.74 Å². The van der Waals surface area contributed by atoms with Gasteiger partial charge in [0, 0.05) is 10.5 Å². The molecule has 0 aromatic heterocycles. The van der Waals surface area contributed by atoms with E-state index in [2.05, 4.69) is 15.9 Å². The number of rotatable bonds is 4. The Morgan fingerprint density at radius 2 is 2.38 bits per heavy atom. The Hall–Kier alpha value is -1.61. The van der Waals surface area contributed by atoms with Crippen LogP contribution in [0.2, 0.25) is 0 Å². The van der Waals surface area contributed by atoms with Gasteiger partial charge in [-0.3, -0.25) is 10.1 Å². The van der Waals surface area contributed by atoms with Gasteiger partial charge in [0.2, 0.25) is 0 Å². The number of nitro groups is 1. The van der Waals surface area contributed by atoms with Crippen LogP contribution in [0.5, 0.6) is 5.75 Å². The SMILES string of the molecule is CCC(C#N)Oc1ccc(Br)cc1[N+](=O)[O-]. The van der Waals surface area contributed by atoms with E-state index in [0.29, 0.717) is 10.9 Å². The highest BCUT2D eigenvalue weighted by Crippen LogP contribution is 2.30. The minimum Gasteiger partial charge on any atom is -0.468 e. The van der Waals surface area contributed by atoms with Gasteiger partial charge in [-0.05, 0) is 18.6 Å². The van der Waals surface area contributed by atoms with Gasteiger partial charge in [-0.1, -0.05) is 22.9 Å². The molecule has 6 heteroatoms. The van der Waals surface area contributed by atoms with Crippen LogP contribution in [0.4, 0.5) is 5.69 Å². The van der Waals surface area contributed by atoms with E-state index in [0.717, 1.165) is 0 Å². The van der Waals surface area contributed by atoms with Crippen LogP contribution in [0.1, 0.15) is 13.3 Å². The van der Waals surface area contributed by atoms with Crippen molar-refractivity contribution >= 4 is 21.6 Å². The van der Waals surface area contributed by atoms with Gasteiger partial charge >= 0.3 is 5.69 Å². The van der Waals surface area contributed by atoms with Crippen LogP contribution in [0.15, 0.2) is 22.7 Å². The van der Waals surface area contributed by atoms with Crippen LogP contribution in [-0.2, 0) is 0 Å². The minimum atomic E-state index is -0.667. The Morgan fingerprint density at radius 1 is 1.69 bits per heavy atom. The van der Waals surface area contributed by atoms with Gasteiger partial charge in [0.25, 0.3) is 0 Å². The summed E-state index contributed by atoms with van der Waals surface area (Å²) in [5, 5.41) is 19.5. The third-order valence-electron chi connectivity index (χ3n) is 1.90. The van der Waals surface area contributed by atoms with Crippen molar-refractivity contribution in [3.63, 3.8) is 0 Å². The van der Waals surface area contributed by atoms with E-state index in [1.54, 1.807) is 13.0 Å². The Labute approximate surface area is 101 Å². The fourth-order valence-corrected chi connectivity index (χ4v) is 1.44. The summed E-state index contributed by atoms with van der Waals surface area (Å²) in [5.41, 5.74) is -0.150. The average Bonchev–Trinajstić information content (AvgIpc) is 2.27. The number of hydrogen-bond acceptors (Lipinski definition) is 4. The van der Waals surface area contributed by atoms with E-state index in [1.807, 2.05) is 6.07 Å². The van der Waals surface area contributed by atoms with Crippen LogP contribution >= 0.6 is 15.9 Å². The molecule has 0 aliphatic heterocycles. The van der Waals surface area contributed by atoms with Crippen LogP contribution in [0.3, 0.4) is 0 Å². The van der Waals surface area contributed by atoms with Gasteiger partial charge in [0.1, 0.15) is 6.07 Å². The largest absolute Gasteiger partial charge is 0.468 e. The van der Waals surface area contributed by atoms with Crippen LogP contribution in [0.25, 0.3) is 0 Å². The molecule has 0 amide bonds. The summed E-state index contributed by atoms with van der Waals surface area (Å²) in [5.74, 6) is 0.113. The summed E-state index contributed by atoms with van der Waals surface area (Å²) in [6.45, 7) is 1.78. The number of nitro benzene ring substituents is 1. The normalized spacial score (nSPS) is 11.6. The predicted octanol–water partition coefficient (Wildman–Crippen LogP) is 3.04. The predicted molar refractivity (Wildman–Crippen MR) is 61.1 cm³/mol. The second-order valence-corrected chi connectivity index (χ2v) is 3.93.